The van der Waals surface area contributed by atoms with Crippen LogP contribution in [0, 0.1) is 5.92 Å². The number of hydrogen-bond acceptors (Lipinski definition) is 3. The number of aliphatic carboxylic acids is 1. The fourth-order valence-corrected chi connectivity index (χ4v) is 1.70. The van der Waals surface area contributed by atoms with E-state index in [0.717, 1.165) is 25.9 Å². The van der Waals surface area contributed by atoms with Gasteiger partial charge in [0.25, 0.3) is 0 Å². The highest BCUT2D eigenvalue weighted by Gasteiger charge is 2.24. The van der Waals surface area contributed by atoms with Gasteiger partial charge in [-0.05, 0) is 25.2 Å². The zero-order valence-corrected chi connectivity index (χ0v) is 9.44. The molecule has 1 rings (SSSR count). The maximum Gasteiger partial charge on any atom is 0.333 e. The molecule has 4 nitrogen and oxygen atoms in total. The van der Waals surface area contributed by atoms with E-state index in [1.54, 1.807) is 0 Å². The summed E-state index contributed by atoms with van der Waals surface area (Å²) in [5.74, 6) is -0.896. The van der Waals surface area contributed by atoms with E-state index in [0.29, 0.717) is 6.61 Å². The Balaban J connectivity index is 2.29. The number of ether oxygens (including phenoxy) is 2. The Morgan fingerprint density at radius 2 is 2.27 bits per heavy atom. The van der Waals surface area contributed by atoms with Gasteiger partial charge in [0.2, 0.25) is 0 Å². The summed E-state index contributed by atoms with van der Waals surface area (Å²) in [6, 6.07) is 0. The Labute approximate surface area is 90.6 Å². The van der Waals surface area contributed by atoms with Gasteiger partial charge in [-0.15, -0.1) is 0 Å². The van der Waals surface area contributed by atoms with Gasteiger partial charge in [0.15, 0.2) is 6.10 Å². The maximum absolute atomic E-state index is 10.8. The normalized spacial score (nSPS) is 24.1. The molecule has 1 aliphatic heterocycles. The van der Waals surface area contributed by atoms with Gasteiger partial charge in [-0.1, -0.05) is 13.8 Å². The van der Waals surface area contributed by atoms with Crippen LogP contribution in [0.4, 0.5) is 0 Å². The van der Waals surface area contributed by atoms with E-state index < -0.39 is 12.1 Å². The molecule has 0 aliphatic carbocycles. The van der Waals surface area contributed by atoms with Crippen LogP contribution in [0.25, 0.3) is 0 Å². The van der Waals surface area contributed by atoms with Gasteiger partial charge in [0.1, 0.15) is 0 Å². The Morgan fingerprint density at radius 3 is 2.73 bits per heavy atom. The van der Waals surface area contributed by atoms with Gasteiger partial charge < -0.3 is 14.6 Å². The van der Waals surface area contributed by atoms with Crippen molar-refractivity contribution in [2.45, 2.75) is 45.3 Å². The van der Waals surface area contributed by atoms with Crippen molar-refractivity contribution in [1.82, 2.24) is 0 Å². The fraction of sp³-hybridized carbons (Fsp3) is 0.909. The third kappa shape index (κ3) is 4.18. The molecular weight excluding hydrogens is 196 g/mol. The van der Waals surface area contributed by atoms with Crippen molar-refractivity contribution in [1.29, 1.82) is 0 Å². The van der Waals surface area contributed by atoms with Gasteiger partial charge in [0, 0.05) is 6.61 Å². The van der Waals surface area contributed by atoms with Gasteiger partial charge in [0.05, 0.1) is 12.7 Å². The Kier molecular flexibility index (Phi) is 5.05. The molecule has 0 bridgehead atoms. The molecule has 0 amide bonds. The quantitative estimate of drug-likeness (QED) is 0.759. The highest BCUT2D eigenvalue weighted by Crippen LogP contribution is 2.15. The topological polar surface area (TPSA) is 55.8 Å². The minimum absolute atomic E-state index is 0.00825. The van der Waals surface area contributed by atoms with Crippen LogP contribution < -0.4 is 0 Å². The van der Waals surface area contributed by atoms with Gasteiger partial charge in [-0.3, -0.25) is 0 Å². The average molecular weight is 216 g/mol. The third-order valence-corrected chi connectivity index (χ3v) is 2.58. The zero-order valence-electron chi connectivity index (χ0n) is 9.44. The summed E-state index contributed by atoms with van der Waals surface area (Å²) in [5.41, 5.74) is 0. The second kappa shape index (κ2) is 6.08. The molecule has 0 spiro atoms. The van der Waals surface area contributed by atoms with Crippen LogP contribution in [-0.2, 0) is 14.3 Å². The molecule has 0 aromatic carbocycles. The van der Waals surface area contributed by atoms with Crippen LogP contribution >= 0.6 is 0 Å². The lowest BCUT2D eigenvalue weighted by atomic mass is 10.1. The van der Waals surface area contributed by atoms with E-state index in [2.05, 4.69) is 0 Å². The van der Waals surface area contributed by atoms with Crippen LogP contribution in [0.15, 0.2) is 0 Å². The van der Waals surface area contributed by atoms with E-state index in [1.807, 2.05) is 13.8 Å². The zero-order chi connectivity index (χ0) is 11.3. The molecule has 0 radical (unpaired) electrons. The Hall–Kier alpha value is -0.610. The van der Waals surface area contributed by atoms with E-state index in [4.69, 9.17) is 14.6 Å². The van der Waals surface area contributed by atoms with E-state index in [1.165, 1.54) is 0 Å². The lowest BCUT2D eigenvalue weighted by molar-refractivity contribution is -0.157. The average Bonchev–Trinajstić information content (AvgIpc) is 2.18. The number of carboxylic acid groups (broad SMARTS) is 1. The smallest absolute Gasteiger partial charge is 0.333 e. The Morgan fingerprint density at radius 1 is 1.53 bits per heavy atom. The van der Waals surface area contributed by atoms with Crippen LogP contribution in [0.5, 0.6) is 0 Å². The summed E-state index contributed by atoms with van der Waals surface area (Å²) >= 11 is 0. The number of carbonyl (C=O) groups is 1. The van der Waals surface area contributed by atoms with E-state index in [-0.39, 0.29) is 12.0 Å². The first-order chi connectivity index (χ1) is 7.11. The highest BCUT2D eigenvalue weighted by molar-refractivity contribution is 5.72. The minimum Gasteiger partial charge on any atom is -0.479 e. The summed E-state index contributed by atoms with van der Waals surface area (Å²) in [5, 5.41) is 8.91. The molecule has 15 heavy (non-hydrogen) atoms. The van der Waals surface area contributed by atoms with Crippen molar-refractivity contribution >= 4 is 5.97 Å². The number of rotatable bonds is 5. The van der Waals surface area contributed by atoms with Crippen molar-refractivity contribution in [3.05, 3.63) is 0 Å². The van der Waals surface area contributed by atoms with E-state index in [9.17, 15) is 4.79 Å². The second-order valence-electron chi connectivity index (χ2n) is 4.32. The van der Waals surface area contributed by atoms with Crippen molar-refractivity contribution in [3.63, 3.8) is 0 Å². The summed E-state index contributed by atoms with van der Waals surface area (Å²) in [7, 11) is 0. The summed E-state index contributed by atoms with van der Waals surface area (Å²) in [6.07, 6.45) is 2.59. The predicted molar refractivity (Wildman–Crippen MR) is 55.8 cm³/mol. The minimum atomic E-state index is -0.888. The maximum atomic E-state index is 10.8. The van der Waals surface area contributed by atoms with Crippen LogP contribution in [0.1, 0.15) is 33.1 Å². The van der Waals surface area contributed by atoms with E-state index >= 15 is 0 Å². The van der Waals surface area contributed by atoms with Crippen LogP contribution in [-0.4, -0.2) is 36.5 Å². The number of carboxylic acids is 1. The highest BCUT2D eigenvalue weighted by atomic mass is 16.5. The summed E-state index contributed by atoms with van der Waals surface area (Å²) in [4.78, 5) is 10.8. The van der Waals surface area contributed by atoms with Crippen LogP contribution in [0.2, 0.25) is 0 Å². The summed E-state index contributed by atoms with van der Waals surface area (Å²) in [6.45, 7) is 4.86. The third-order valence-electron chi connectivity index (χ3n) is 2.58. The van der Waals surface area contributed by atoms with Crippen molar-refractivity contribution in [2.75, 3.05) is 13.2 Å². The summed E-state index contributed by atoms with van der Waals surface area (Å²) < 4.78 is 10.8. The SMILES string of the molecule is CC(C)C(OCC1CCCCO1)C(=O)O. The molecule has 1 N–H and O–H groups in total. The predicted octanol–water partition coefficient (Wildman–Crippen LogP) is 1.68. The van der Waals surface area contributed by atoms with Crippen molar-refractivity contribution < 1.29 is 19.4 Å². The number of hydrogen-bond donors (Lipinski definition) is 1. The molecule has 0 aromatic heterocycles. The van der Waals surface area contributed by atoms with Gasteiger partial charge in [-0.2, -0.15) is 0 Å². The molecule has 2 atom stereocenters. The molecule has 1 aliphatic rings. The first-order valence-corrected chi connectivity index (χ1v) is 5.57. The molecule has 2 unspecified atom stereocenters. The monoisotopic (exact) mass is 216 g/mol. The Bertz CT molecular complexity index is 197. The molecular formula is C11H20O4. The molecule has 4 heteroatoms. The lowest BCUT2D eigenvalue weighted by Crippen LogP contribution is -2.34. The van der Waals surface area contributed by atoms with Gasteiger partial charge >= 0.3 is 5.97 Å². The lowest BCUT2D eigenvalue weighted by Gasteiger charge is -2.25. The first-order valence-electron chi connectivity index (χ1n) is 5.57. The molecule has 1 heterocycles. The fourth-order valence-electron chi connectivity index (χ4n) is 1.70. The van der Waals surface area contributed by atoms with Crippen molar-refractivity contribution in [2.24, 2.45) is 5.92 Å². The molecule has 0 aromatic rings. The molecule has 1 saturated heterocycles. The molecule has 1 fully saturated rings. The first kappa shape index (κ1) is 12.5. The standard InChI is InChI=1S/C11H20O4/c1-8(2)10(11(12)13)15-7-9-5-3-4-6-14-9/h8-10H,3-7H2,1-2H3,(H,12,13). The largest absolute Gasteiger partial charge is 0.479 e. The van der Waals surface area contributed by atoms with Crippen LogP contribution in [0.3, 0.4) is 0 Å². The molecule has 0 saturated carbocycles. The molecule has 88 valence electrons. The van der Waals surface area contributed by atoms with Crippen molar-refractivity contribution in [3.8, 4) is 0 Å². The second-order valence-corrected chi connectivity index (χ2v) is 4.32. The van der Waals surface area contributed by atoms with Gasteiger partial charge in [-0.25, -0.2) is 4.79 Å².